The van der Waals surface area contributed by atoms with E-state index in [-0.39, 0.29) is 0 Å². The van der Waals surface area contributed by atoms with E-state index in [9.17, 15) is 52.7 Å². The van der Waals surface area contributed by atoms with Crippen LogP contribution < -0.4 is 10.9 Å². The standard InChI is InChI=1S/C26H27BF13O5PS/c1-23(2,3)46(24(4,5)6,25(7,8)9)22(41)44-27(45-47(42,43)26(38,39)40,10-12(28)16(32)20(36)17(33)13(10)29)11-14(30)18(34)21(37)19(35)15(11)31/h1-9H3. The molecular formula is C26H27BF13O5PS. The molecule has 2 aromatic rings. The third-order valence-electron chi connectivity index (χ3n) is 7.35. The number of carbonyl (C=O) groups is 1. The van der Waals surface area contributed by atoms with Crippen molar-refractivity contribution in [3.63, 3.8) is 0 Å². The van der Waals surface area contributed by atoms with E-state index in [1.165, 1.54) is 62.3 Å². The second-order valence-corrected chi connectivity index (χ2v) is 20.5. The lowest BCUT2D eigenvalue weighted by Gasteiger charge is -2.53. The van der Waals surface area contributed by atoms with E-state index in [4.69, 9.17) is 4.65 Å². The molecule has 0 aliphatic carbocycles. The third kappa shape index (κ3) is 6.10. The maximum absolute atomic E-state index is 15.5. The van der Waals surface area contributed by atoms with Crippen LogP contribution in [0, 0.1) is 58.2 Å². The molecule has 0 amide bonds. The van der Waals surface area contributed by atoms with Crippen LogP contribution in [0.4, 0.5) is 61.9 Å². The number of carbonyl (C=O) groups excluding carboxylic acids is 1. The summed E-state index contributed by atoms with van der Waals surface area (Å²) in [7, 11) is -11.8. The lowest BCUT2D eigenvalue weighted by Crippen LogP contribution is -2.70. The van der Waals surface area contributed by atoms with Crippen LogP contribution in [0.3, 0.4) is 0 Å². The van der Waals surface area contributed by atoms with E-state index in [0.29, 0.717) is 0 Å². The number of halogens is 13. The zero-order chi connectivity index (χ0) is 37.4. The van der Waals surface area contributed by atoms with Crippen molar-refractivity contribution >= 4 is 40.6 Å². The highest BCUT2D eigenvalue weighted by molar-refractivity contribution is 7.94. The number of benzene rings is 2. The van der Waals surface area contributed by atoms with Crippen molar-refractivity contribution in [1.82, 2.24) is 0 Å². The maximum Gasteiger partial charge on any atom is 0.519 e. The first-order chi connectivity index (χ1) is 20.7. The van der Waals surface area contributed by atoms with Crippen molar-refractivity contribution in [3.8, 4) is 0 Å². The maximum atomic E-state index is 15.5. The van der Waals surface area contributed by atoms with Gasteiger partial charge in [-0.05, 0) is 62.3 Å². The zero-order valence-electron chi connectivity index (χ0n) is 25.9. The highest BCUT2D eigenvalue weighted by Crippen LogP contribution is 2.84. The van der Waals surface area contributed by atoms with E-state index in [1.807, 2.05) is 0 Å². The number of hydrogen-bond donors (Lipinski definition) is 0. The van der Waals surface area contributed by atoms with Crippen LogP contribution in [0.15, 0.2) is 0 Å². The van der Waals surface area contributed by atoms with E-state index in [0.717, 1.165) is 0 Å². The van der Waals surface area contributed by atoms with Gasteiger partial charge < -0.3 is 8.75 Å². The van der Waals surface area contributed by atoms with Gasteiger partial charge in [-0.3, -0.25) is 0 Å². The highest BCUT2D eigenvalue weighted by Gasteiger charge is 2.72. The van der Waals surface area contributed by atoms with Crippen molar-refractivity contribution in [2.45, 2.75) is 83.3 Å². The molecule has 47 heavy (non-hydrogen) atoms. The van der Waals surface area contributed by atoms with Crippen molar-refractivity contribution < 1.29 is 79.0 Å². The molecular weight excluding hydrogens is 713 g/mol. The quantitative estimate of drug-likeness (QED) is 0.0750. The summed E-state index contributed by atoms with van der Waals surface area (Å²) >= 11 is 0. The topological polar surface area (TPSA) is 69.7 Å². The van der Waals surface area contributed by atoms with Crippen LogP contribution in [0.1, 0.15) is 62.3 Å². The van der Waals surface area contributed by atoms with Gasteiger partial charge >= 0.3 is 27.9 Å². The van der Waals surface area contributed by atoms with Crippen LogP contribution in [-0.4, -0.2) is 41.7 Å². The van der Waals surface area contributed by atoms with E-state index in [2.05, 4.69) is 4.10 Å². The van der Waals surface area contributed by atoms with Gasteiger partial charge in [-0.25, -0.2) is 48.7 Å². The average molecular weight is 740 g/mol. The third-order valence-corrected chi connectivity index (χ3v) is 15.1. The molecule has 2 rings (SSSR count). The molecule has 0 radical (unpaired) electrons. The molecule has 0 spiro atoms. The molecule has 0 unspecified atom stereocenters. The van der Waals surface area contributed by atoms with Gasteiger partial charge in [0.25, 0.3) is 0 Å². The lowest BCUT2D eigenvalue weighted by atomic mass is 9.46. The van der Waals surface area contributed by atoms with Gasteiger partial charge in [0.1, 0.15) is 30.5 Å². The number of alkyl halides is 3. The van der Waals surface area contributed by atoms with Gasteiger partial charge in [0.15, 0.2) is 34.9 Å². The molecule has 2 aromatic carbocycles. The van der Waals surface area contributed by atoms with Crippen LogP contribution in [0.5, 0.6) is 0 Å². The Morgan fingerprint density at radius 3 is 0.979 bits per heavy atom. The molecule has 0 aliphatic rings. The SMILES string of the molecule is CC(C)(C)[P+](C(=O)O[B-](OS(=O)(=O)C(F)(F)F)(c1c(F)c(F)c(F)c(F)c1F)c1c(F)c(F)c(F)c(F)c1F)(C(C)(C)C)C(C)(C)C. The van der Waals surface area contributed by atoms with Crippen LogP contribution in [0.25, 0.3) is 0 Å². The molecule has 266 valence electrons. The first-order valence-electron chi connectivity index (χ1n) is 13.0. The summed E-state index contributed by atoms with van der Waals surface area (Å²) in [5.74, 6) is -32.2. The van der Waals surface area contributed by atoms with Crippen molar-refractivity contribution in [2.24, 2.45) is 0 Å². The molecule has 21 heteroatoms. The van der Waals surface area contributed by atoms with E-state index in [1.54, 1.807) is 0 Å². The van der Waals surface area contributed by atoms with Crippen LogP contribution in [-0.2, 0) is 18.9 Å². The Hall–Kier alpha value is -2.60. The average Bonchev–Trinajstić information content (AvgIpc) is 2.85. The second kappa shape index (κ2) is 12.1. The Balaban J connectivity index is 3.57. The molecule has 0 heterocycles. The fraction of sp³-hybridized carbons (Fsp3) is 0.500. The molecule has 0 fully saturated rings. The van der Waals surface area contributed by atoms with E-state index < -0.39 is 120 Å². The first kappa shape index (κ1) is 40.6. The molecule has 0 N–H and O–H groups in total. The molecule has 0 saturated heterocycles. The Morgan fingerprint density at radius 2 is 0.766 bits per heavy atom. The Labute approximate surface area is 261 Å². The number of hydrogen-bond acceptors (Lipinski definition) is 5. The molecule has 5 nitrogen and oxygen atoms in total. The summed E-state index contributed by atoms with van der Waals surface area (Å²) in [4.78, 5) is 14.5. The first-order valence-corrected chi connectivity index (χ1v) is 16.2. The Kier molecular flexibility index (Phi) is 10.4. The fourth-order valence-electron chi connectivity index (χ4n) is 6.58. The minimum absolute atomic E-state index is 1.32. The zero-order valence-corrected chi connectivity index (χ0v) is 27.6. The lowest BCUT2D eigenvalue weighted by molar-refractivity contribution is -0.0508. The predicted octanol–water partition coefficient (Wildman–Crippen LogP) is 8.05. The van der Waals surface area contributed by atoms with E-state index >= 15 is 17.6 Å². The van der Waals surface area contributed by atoms with Crippen molar-refractivity contribution in [2.75, 3.05) is 0 Å². The highest BCUT2D eigenvalue weighted by atomic mass is 32.2. The summed E-state index contributed by atoms with van der Waals surface area (Å²) in [6.07, 6.45) is 0. The molecule has 0 aromatic heterocycles. The summed E-state index contributed by atoms with van der Waals surface area (Å²) in [6, 6.07) is 0. The van der Waals surface area contributed by atoms with Gasteiger partial charge in [-0.15, -0.1) is 0 Å². The smallest absolute Gasteiger partial charge is 0.519 e. The van der Waals surface area contributed by atoms with Crippen LogP contribution >= 0.6 is 7.26 Å². The minimum Gasteiger partial charge on any atom is -0.627 e. The number of rotatable bonds is 6. The monoisotopic (exact) mass is 740 g/mol. The van der Waals surface area contributed by atoms with Gasteiger partial charge in [0.2, 0.25) is 0 Å². The minimum atomic E-state index is -7.67. The largest absolute Gasteiger partial charge is 0.627 e. The molecule has 0 aliphatic heterocycles. The predicted molar refractivity (Wildman–Crippen MR) is 146 cm³/mol. The normalized spacial score (nSPS) is 14.1. The Bertz CT molecular complexity index is 1560. The summed E-state index contributed by atoms with van der Waals surface area (Å²) in [5.41, 5.74) is -15.1. The summed E-state index contributed by atoms with van der Waals surface area (Å²) in [5, 5.41) is -4.46. The molecule has 0 bridgehead atoms. The second-order valence-electron chi connectivity index (χ2n) is 13.2. The Morgan fingerprint density at radius 1 is 0.532 bits per heavy atom. The van der Waals surface area contributed by atoms with Crippen molar-refractivity contribution in [3.05, 3.63) is 58.2 Å². The summed E-state index contributed by atoms with van der Waals surface area (Å²) < 4.78 is 223. The van der Waals surface area contributed by atoms with Gasteiger partial charge in [-0.1, -0.05) is 10.9 Å². The molecule has 0 atom stereocenters. The van der Waals surface area contributed by atoms with Gasteiger partial charge in [-0.2, -0.15) is 21.6 Å². The van der Waals surface area contributed by atoms with Crippen LogP contribution in [0.2, 0.25) is 0 Å². The van der Waals surface area contributed by atoms with Crippen molar-refractivity contribution in [1.29, 1.82) is 0 Å². The fourth-order valence-corrected chi connectivity index (χ4v) is 15.3. The van der Waals surface area contributed by atoms with Gasteiger partial charge in [0.05, 0.1) is 15.5 Å². The molecule has 0 saturated carbocycles. The summed E-state index contributed by atoms with van der Waals surface area (Å²) in [6.45, 7) is 5.18. The van der Waals surface area contributed by atoms with Gasteiger partial charge in [0, 0.05) is 0 Å².